The molecular weight excluding hydrogens is 216 g/mol. The topological polar surface area (TPSA) is 76.0 Å². The van der Waals surface area contributed by atoms with Gasteiger partial charge >= 0.3 is 11.4 Å². The van der Waals surface area contributed by atoms with E-state index in [1.54, 1.807) is 0 Å². The molecule has 11 heavy (non-hydrogen) atoms. The van der Waals surface area contributed by atoms with E-state index in [4.69, 9.17) is 0 Å². The van der Waals surface area contributed by atoms with Gasteiger partial charge in [0.05, 0.1) is 0 Å². The Kier molecular flexibility index (Phi) is 2.04. The lowest BCUT2D eigenvalue weighted by Gasteiger charge is -1.93. The zero-order valence-corrected chi connectivity index (χ0v) is 6.79. The van der Waals surface area contributed by atoms with Crippen LogP contribution in [0, 0.1) is 10.1 Å². The predicted molar refractivity (Wildman–Crippen MR) is 41.4 cm³/mol. The molecule has 0 fully saturated rings. The number of H-pyrrole nitrogens is 1. The van der Waals surface area contributed by atoms with Crippen LogP contribution in [0.1, 0.15) is 0 Å². The number of nitrogens with one attached hydrogen (secondary N) is 1. The van der Waals surface area contributed by atoms with Crippen molar-refractivity contribution in [1.82, 2.24) is 4.98 Å². The molecule has 1 aromatic heterocycles. The van der Waals surface area contributed by atoms with Gasteiger partial charge in [0.1, 0.15) is 4.47 Å². The first kappa shape index (κ1) is 7.93. The van der Waals surface area contributed by atoms with Crippen LogP contribution in [0.4, 0.5) is 5.82 Å². The Balaban J connectivity index is 3.35. The highest BCUT2D eigenvalue weighted by Gasteiger charge is 2.09. The standard InChI is InChI=1S/C5H3BrN2O3/c6-3-1-2-4(9)7-5(3)8(10)11/h1-2H,(H,7,9). The maximum atomic E-state index is 10.6. The molecule has 6 heteroatoms. The molecule has 0 amide bonds. The third-order valence-corrected chi connectivity index (χ3v) is 1.67. The zero-order chi connectivity index (χ0) is 8.43. The van der Waals surface area contributed by atoms with E-state index < -0.39 is 10.5 Å². The molecule has 0 bridgehead atoms. The molecule has 0 saturated carbocycles. The number of pyridine rings is 1. The minimum Gasteiger partial charge on any atom is -0.358 e. The molecule has 0 spiro atoms. The Bertz CT molecular complexity index is 346. The minimum absolute atomic E-state index is 0.266. The van der Waals surface area contributed by atoms with E-state index in [1.165, 1.54) is 12.1 Å². The van der Waals surface area contributed by atoms with Gasteiger partial charge in [0.25, 0.3) is 0 Å². The van der Waals surface area contributed by atoms with Crippen molar-refractivity contribution < 1.29 is 4.92 Å². The maximum Gasteiger partial charge on any atom is 0.338 e. The van der Waals surface area contributed by atoms with Crippen LogP contribution in [0.15, 0.2) is 21.4 Å². The molecule has 1 N–H and O–H groups in total. The number of hydrogen-bond donors (Lipinski definition) is 1. The summed E-state index contributed by atoms with van der Waals surface area (Å²) in [4.78, 5) is 22.2. The van der Waals surface area contributed by atoms with Crippen molar-refractivity contribution in [1.29, 1.82) is 0 Å². The van der Waals surface area contributed by atoms with Crippen LogP contribution in [0.2, 0.25) is 0 Å². The monoisotopic (exact) mass is 218 g/mol. The number of aromatic nitrogens is 1. The van der Waals surface area contributed by atoms with Crippen LogP contribution in [-0.2, 0) is 0 Å². The van der Waals surface area contributed by atoms with E-state index in [1.807, 2.05) is 0 Å². The smallest absolute Gasteiger partial charge is 0.338 e. The first-order valence-electron chi connectivity index (χ1n) is 2.64. The summed E-state index contributed by atoms with van der Waals surface area (Å²) in [7, 11) is 0. The summed E-state index contributed by atoms with van der Waals surface area (Å²) in [6.07, 6.45) is 0. The summed E-state index contributed by atoms with van der Waals surface area (Å²) in [5.74, 6) is -0.322. The van der Waals surface area contributed by atoms with Gasteiger partial charge in [0.2, 0.25) is 0 Å². The Hall–Kier alpha value is -1.17. The molecule has 0 aromatic carbocycles. The highest BCUT2D eigenvalue weighted by molar-refractivity contribution is 9.10. The van der Waals surface area contributed by atoms with Crippen LogP contribution in [0.25, 0.3) is 0 Å². The molecule has 0 aliphatic carbocycles. The molecule has 1 heterocycles. The van der Waals surface area contributed by atoms with Crippen molar-refractivity contribution >= 4 is 21.7 Å². The average molecular weight is 219 g/mol. The van der Waals surface area contributed by atoms with Gasteiger partial charge in [0.15, 0.2) is 0 Å². The summed E-state index contributed by atoms with van der Waals surface area (Å²) in [6, 6.07) is 2.54. The summed E-state index contributed by atoms with van der Waals surface area (Å²) in [5.41, 5.74) is -0.486. The van der Waals surface area contributed by atoms with Crippen molar-refractivity contribution in [3.05, 3.63) is 37.1 Å². The Morgan fingerprint density at radius 1 is 1.55 bits per heavy atom. The molecule has 0 saturated heterocycles. The van der Waals surface area contributed by atoms with E-state index in [-0.39, 0.29) is 10.3 Å². The second-order valence-corrected chi connectivity index (χ2v) is 2.63. The molecule has 1 aromatic rings. The van der Waals surface area contributed by atoms with Crippen LogP contribution in [-0.4, -0.2) is 9.91 Å². The number of halogens is 1. The van der Waals surface area contributed by atoms with Crippen molar-refractivity contribution in [3.63, 3.8) is 0 Å². The van der Waals surface area contributed by atoms with Gasteiger partial charge in [-0.05, 0) is 26.9 Å². The minimum atomic E-state index is -0.661. The highest BCUT2D eigenvalue weighted by Crippen LogP contribution is 2.18. The van der Waals surface area contributed by atoms with Crippen LogP contribution < -0.4 is 5.56 Å². The fraction of sp³-hybridized carbons (Fsp3) is 0. The van der Waals surface area contributed by atoms with Gasteiger partial charge in [-0.3, -0.25) is 0 Å². The van der Waals surface area contributed by atoms with E-state index in [0.29, 0.717) is 0 Å². The molecule has 1 rings (SSSR count). The fourth-order valence-electron chi connectivity index (χ4n) is 0.579. The van der Waals surface area contributed by atoms with Crippen molar-refractivity contribution in [3.8, 4) is 0 Å². The Morgan fingerprint density at radius 2 is 2.18 bits per heavy atom. The van der Waals surface area contributed by atoms with Gasteiger partial charge in [-0.1, -0.05) is 0 Å². The van der Waals surface area contributed by atoms with Crippen molar-refractivity contribution in [2.75, 3.05) is 0 Å². The summed E-state index contributed by atoms with van der Waals surface area (Å²) < 4.78 is 0.266. The van der Waals surface area contributed by atoms with Gasteiger partial charge in [0, 0.05) is 6.07 Å². The van der Waals surface area contributed by atoms with Crippen LogP contribution in [0.5, 0.6) is 0 Å². The fourth-order valence-corrected chi connectivity index (χ4v) is 0.955. The zero-order valence-electron chi connectivity index (χ0n) is 5.20. The second-order valence-electron chi connectivity index (χ2n) is 1.78. The average Bonchev–Trinajstić information content (AvgIpc) is 1.94. The highest BCUT2D eigenvalue weighted by atomic mass is 79.9. The second kappa shape index (κ2) is 2.83. The SMILES string of the molecule is O=c1ccc(Br)c([N+](=O)[O-])[nH]1. The van der Waals surface area contributed by atoms with Crippen molar-refractivity contribution in [2.45, 2.75) is 0 Å². The number of nitro groups is 1. The molecule has 0 aliphatic rings. The third kappa shape index (κ3) is 1.64. The first-order valence-corrected chi connectivity index (χ1v) is 3.44. The third-order valence-electron chi connectivity index (χ3n) is 1.03. The summed E-state index contributed by atoms with van der Waals surface area (Å²) >= 11 is 2.92. The van der Waals surface area contributed by atoms with Gasteiger partial charge < -0.3 is 10.1 Å². The van der Waals surface area contributed by atoms with Crippen molar-refractivity contribution in [2.24, 2.45) is 0 Å². The van der Waals surface area contributed by atoms with E-state index >= 15 is 0 Å². The quantitative estimate of drug-likeness (QED) is 0.566. The first-order chi connectivity index (χ1) is 5.11. The molecule has 0 atom stereocenters. The molecule has 0 aliphatic heterocycles. The predicted octanol–water partition coefficient (Wildman–Crippen LogP) is 1.05. The summed E-state index contributed by atoms with van der Waals surface area (Å²) in [5, 5.41) is 10.2. The largest absolute Gasteiger partial charge is 0.358 e. The van der Waals surface area contributed by atoms with E-state index in [0.717, 1.165) is 0 Å². The Morgan fingerprint density at radius 3 is 2.64 bits per heavy atom. The van der Waals surface area contributed by atoms with E-state index in [2.05, 4.69) is 20.9 Å². The number of nitrogens with zero attached hydrogens (tertiary/aromatic N) is 1. The molecule has 0 unspecified atom stereocenters. The number of aromatic amines is 1. The Labute approximate surface area is 69.3 Å². The van der Waals surface area contributed by atoms with Gasteiger partial charge in [-0.2, -0.15) is 0 Å². The van der Waals surface area contributed by atoms with Gasteiger partial charge in [-0.25, -0.2) is 9.78 Å². The molecular formula is C5H3BrN2O3. The molecule has 58 valence electrons. The lowest BCUT2D eigenvalue weighted by molar-refractivity contribution is -0.390. The normalized spacial score (nSPS) is 9.55. The van der Waals surface area contributed by atoms with Crippen LogP contribution >= 0.6 is 15.9 Å². The van der Waals surface area contributed by atoms with E-state index in [9.17, 15) is 14.9 Å². The maximum absolute atomic E-state index is 10.6. The summed E-state index contributed by atoms with van der Waals surface area (Å²) in [6.45, 7) is 0. The number of rotatable bonds is 1. The molecule has 5 nitrogen and oxygen atoms in total. The number of hydrogen-bond acceptors (Lipinski definition) is 3. The van der Waals surface area contributed by atoms with Gasteiger partial charge in [-0.15, -0.1) is 0 Å². The lowest BCUT2D eigenvalue weighted by Crippen LogP contribution is -2.06. The van der Waals surface area contributed by atoms with Crippen LogP contribution in [0.3, 0.4) is 0 Å². The lowest BCUT2D eigenvalue weighted by atomic mass is 10.5. The molecule has 0 radical (unpaired) electrons.